The number of allylic oxidation sites excluding steroid dienone is 3. The van der Waals surface area contributed by atoms with E-state index in [0.717, 1.165) is 12.8 Å². The fourth-order valence-corrected chi connectivity index (χ4v) is 14.6. The second-order valence-electron chi connectivity index (χ2n) is 25.6. The smallest absolute Gasteiger partial charge is 0.0159 e. The molecule has 77 heavy (non-hydrogen) atoms. The van der Waals surface area contributed by atoms with Gasteiger partial charge in [-0.3, -0.25) is 0 Å². The van der Waals surface area contributed by atoms with E-state index in [1.54, 1.807) is 0 Å². The summed E-state index contributed by atoms with van der Waals surface area (Å²) in [5.41, 5.74) is 36.5. The molecule has 0 N–H and O–H groups in total. The second-order valence-corrected chi connectivity index (χ2v) is 25.6. The van der Waals surface area contributed by atoms with Crippen molar-refractivity contribution >= 4 is 22.4 Å². The van der Waals surface area contributed by atoms with Crippen molar-refractivity contribution in [1.82, 2.24) is 0 Å². The van der Waals surface area contributed by atoms with E-state index in [1.165, 1.54) is 161 Å². The monoisotopic (exact) mass is 989 g/mol. The number of hydrogen-bond acceptors (Lipinski definition) is 0. The quantitative estimate of drug-likeness (QED) is 0.161. The van der Waals surface area contributed by atoms with Gasteiger partial charge < -0.3 is 0 Å². The third-order valence-corrected chi connectivity index (χ3v) is 19.2. The molecular formula is C77H64. The maximum Gasteiger partial charge on any atom is 0.0159 e. The van der Waals surface area contributed by atoms with Crippen molar-refractivity contribution in [2.24, 2.45) is 5.41 Å². The normalized spacial score (nSPS) is 16.2. The van der Waals surface area contributed by atoms with E-state index in [9.17, 15) is 0 Å². The van der Waals surface area contributed by atoms with Crippen LogP contribution in [0.3, 0.4) is 0 Å². The average Bonchev–Trinajstić information content (AvgIpc) is 4.15. The zero-order valence-electron chi connectivity index (χ0n) is 46.0. The number of rotatable bonds is 5. The Morgan fingerprint density at radius 1 is 0.351 bits per heavy atom. The van der Waals surface area contributed by atoms with Crippen LogP contribution < -0.4 is 0 Å². The molecule has 5 aliphatic carbocycles. The summed E-state index contributed by atoms with van der Waals surface area (Å²) in [7, 11) is 0. The largest absolute Gasteiger partial charge is 0.0759 e. The molecule has 0 bridgehead atoms. The molecule has 0 spiro atoms. The van der Waals surface area contributed by atoms with Crippen molar-refractivity contribution in [3.63, 3.8) is 0 Å². The molecule has 0 fully saturated rings. The third-order valence-electron chi connectivity index (χ3n) is 19.2. The zero-order valence-corrected chi connectivity index (χ0v) is 46.0. The minimum Gasteiger partial charge on any atom is -0.0759 e. The molecule has 0 aliphatic heterocycles. The maximum absolute atomic E-state index is 2.51. The highest BCUT2D eigenvalue weighted by molar-refractivity contribution is 6.06. The third kappa shape index (κ3) is 6.77. The molecule has 0 saturated heterocycles. The molecule has 0 heteroatoms. The van der Waals surface area contributed by atoms with Crippen LogP contribution in [0.25, 0.3) is 111 Å². The van der Waals surface area contributed by atoms with Crippen molar-refractivity contribution in [1.29, 1.82) is 0 Å². The summed E-state index contributed by atoms with van der Waals surface area (Å²) in [6.45, 7) is 21.4. The lowest BCUT2D eigenvalue weighted by molar-refractivity contribution is 0.498. The highest BCUT2D eigenvalue weighted by Crippen LogP contribution is 2.55. The summed E-state index contributed by atoms with van der Waals surface area (Å²) in [6, 6.07) is 72.6. The number of benzene rings is 10. The van der Waals surface area contributed by atoms with E-state index in [0.29, 0.717) is 0 Å². The first-order valence-electron chi connectivity index (χ1n) is 28.1. The van der Waals surface area contributed by atoms with Crippen molar-refractivity contribution in [2.75, 3.05) is 0 Å². The van der Waals surface area contributed by atoms with E-state index in [1.807, 2.05) is 0 Å². The van der Waals surface area contributed by atoms with Crippen LogP contribution in [0.15, 0.2) is 200 Å². The molecule has 5 aliphatic rings. The van der Waals surface area contributed by atoms with Gasteiger partial charge in [-0.2, -0.15) is 0 Å². The van der Waals surface area contributed by atoms with Gasteiger partial charge in [0.2, 0.25) is 0 Å². The predicted molar refractivity (Wildman–Crippen MR) is 328 cm³/mol. The van der Waals surface area contributed by atoms with E-state index in [2.05, 4.69) is 263 Å². The Kier molecular flexibility index (Phi) is 9.61. The molecule has 10 aromatic carbocycles. The second kappa shape index (κ2) is 16.0. The molecular weight excluding hydrogens is 925 g/mol. The van der Waals surface area contributed by atoms with Gasteiger partial charge in [0.15, 0.2) is 0 Å². The maximum atomic E-state index is 2.51. The van der Waals surface area contributed by atoms with E-state index < -0.39 is 0 Å². The minimum atomic E-state index is -0.148. The van der Waals surface area contributed by atoms with Crippen LogP contribution in [0.4, 0.5) is 0 Å². The van der Waals surface area contributed by atoms with Crippen LogP contribution in [-0.4, -0.2) is 0 Å². The Balaban J connectivity index is 0.676. The van der Waals surface area contributed by atoms with Gasteiger partial charge in [0, 0.05) is 16.2 Å². The van der Waals surface area contributed by atoms with Crippen LogP contribution in [0.5, 0.6) is 0 Å². The Bertz CT molecular complexity index is 4280. The molecule has 10 aromatic rings. The fourth-order valence-electron chi connectivity index (χ4n) is 14.6. The van der Waals surface area contributed by atoms with E-state index >= 15 is 0 Å². The first-order chi connectivity index (χ1) is 37.0. The van der Waals surface area contributed by atoms with Gasteiger partial charge in [0.25, 0.3) is 0 Å². The first kappa shape index (κ1) is 46.3. The highest BCUT2D eigenvalue weighted by Gasteiger charge is 2.39. The number of hydrogen-bond donors (Lipinski definition) is 0. The van der Waals surface area contributed by atoms with Crippen LogP contribution >= 0.6 is 0 Å². The fraction of sp³-hybridized carbons (Fsp3) is 0.195. The summed E-state index contributed by atoms with van der Waals surface area (Å²) in [5.74, 6) is 0. The van der Waals surface area contributed by atoms with Gasteiger partial charge in [0.1, 0.15) is 0 Å². The van der Waals surface area contributed by atoms with Gasteiger partial charge >= 0.3 is 0 Å². The van der Waals surface area contributed by atoms with Crippen LogP contribution in [0, 0.1) is 5.41 Å². The van der Waals surface area contributed by atoms with E-state index in [-0.39, 0.29) is 21.7 Å². The van der Waals surface area contributed by atoms with Crippen molar-refractivity contribution in [3.8, 4) is 89.0 Å². The van der Waals surface area contributed by atoms with Crippen molar-refractivity contribution in [2.45, 2.75) is 91.4 Å². The summed E-state index contributed by atoms with van der Waals surface area (Å²) in [6.07, 6.45) is 7.00. The molecule has 0 heterocycles. The molecule has 0 unspecified atom stereocenters. The predicted octanol–water partition coefficient (Wildman–Crippen LogP) is 20.9. The molecule has 0 radical (unpaired) electrons. The van der Waals surface area contributed by atoms with Crippen LogP contribution in [-0.2, 0) is 22.7 Å². The van der Waals surface area contributed by atoms with Gasteiger partial charge in [-0.15, -0.1) is 0 Å². The Labute approximate surface area is 455 Å². The molecule has 0 amide bonds. The Morgan fingerprint density at radius 2 is 0.714 bits per heavy atom. The van der Waals surface area contributed by atoms with Gasteiger partial charge in [-0.25, -0.2) is 0 Å². The van der Waals surface area contributed by atoms with Gasteiger partial charge in [-0.1, -0.05) is 238 Å². The number of fused-ring (bicyclic) bond motifs is 9. The average molecular weight is 989 g/mol. The van der Waals surface area contributed by atoms with Crippen molar-refractivity contribution in [3.05, 3.63) is 250 Å². The Morgan fingerprint density at radius 3 is 1.18 bits per heavy atom. The van der Waals surface area contributed by atoms with Gasteiger partial charge in [0.05, 0.1) is 0 Å². The summed E-state index contributed by atoms with van der Waals surface area (Å²) in [4.78, 5) is 0. The van der Waals surface area contributed by atoms with Gasteiger partial charge in [-0.05, 0) is 204 Å². The van der Waals surface area contributed by atoms with Crippen molar-refractivity contribution < 1.29 is 0 Å². The van der Waals surface area contributed by atoms with Crippen LogP contribution in [0.1, 0.15) is 119 Å². The van der Waals surface area contributed by atoms with Crippen LogP contribution in [0.2, 0.25) is 0 Å². The molecule has 0 atom stereocenters. The molecule has 0 nitrogen and oxygen atoms in total. The first-order valence-corrected chi connectivity index (χ1v) is 28.1. The lowest BCUT2D eigenvalue weighted by Gasteiger charge is -2.32. The summed E-state index contributed by atoms with van der Waals surface area (Å²) < 4.78 is 0. The SMILES string of the molecule is CC(C)(C)C1=Cc2ccc3ccc(-c4ccc(-c5ccc(-c6ccc7c(c6)C(C)(C)c6cc(-c8ccc9c(c8)C(C)(C)c8cc(-c%10ccc%11c(c%10)C(C)(C)c%10ccccc%10-%11)ccc8-9)ccc6-7)cc5)cc4)c4c3c2C(=CC4)C1. The lowest BCUT2D eigenvalue weighted by atomic mass is 9.72. The highest BCUT2D eigenvalue weighted by atomic mass is 14.4. The summed E-state index contributed by atoms with van der Waals surface area (Å²) >= 11 is 0. The Hall–Kier alpha value is -8.06. The standard InChI is InChI=1S/C77H64/c1-74(2,3)57-38-55-23-22-49-24-31-58(65-37-30-56(39-57)72(55)73(49)65)48-20-18-46(19-21-48)45-14-16-47(17-15-45)50-25-32-61-62-34-28-53(43-69(62)76(6,7)68(61)40-50)54-29-36-64-63-35-27-52(42-70(63)77(8,9)71(64)44-54)51-26-33-60-59-12-10-11-13-66(59)75(4,5)67(60)41-51/h10-36,38,40-44H,37,39H2,1-9H3. The summed E-state index contributed by atoms with van der Waals surface area (Å²) in [5, 5.41) is 2.80. The lowest BCUT2D eigenvalue weighted by Crippen LogP contribution is -2.16. The minimum absolute atomic E-state index is 0.0255. The molecule has 372 valence electrons. The molecule has 0 aromatic heterocycles. The zero-order chi connectivity index (χ0) is 52.5. The molecule has 0 saturated carbocycles. The topological polar surface area (TPSA) is 0 Å². The van der Waals surface area contributed by atoms with E-state index in [4.69, 9.17) is 0 Å². The molecule has 15 rings (SSSR count).